The van der Waals surface area contributed by atoms with Crippen LogP contribution in [-0.4, -0.2) is 31.6 Å². The highest BCUT2D eigenvalue weighted by atomic mass is 35.5. The van der Waals surface area contributed by atoms with Gasteiger partial charge in [-0.15, -0.1) is 10.2 Å². The molecule has 1 aromatic heterocycles. The van der Waals surface area contributed by atoms with Gasteiger partial charge in [-0.05, 0) is 25.1 Å². The second-order valence-electron chi connectivity index (χ2n) is 3.83. The molecule has 0 aliphatic carbocycles. The minimum atomic E-state index is -0.937. The molecule has 1 heterocycles. The lowest BCUT2D eigenvalue weighted by Crippen LogP contribution is -2.03. The molecular formula is C12H9ClN4O2S. The Morgan fingerprint density at radius 2 is 2.30 bits per heavy atom. The van der Waals surface area contributed by atoms with Crippen molar-refractivity contribution in [3.8, 4) is 11.8 Å². The van der Waals surface area contributed by atoms with Crippen molar-refractivity contribution in [3.63, 3.8) is 0 Å². The number of carbonyl (C=O) groups is 1. The highest BCUT2D eigenvalue weighted by molar-refractivity contribution is 7.99. The maximum Gasteiger partial charge on any atom is 0.313 e. The Hall–Kier alpha value is -2.04. The summed E-state index contributed by atoms with van der Waals surface area (Å²) in [6, 6.07) is 6.86. The number of nitriles is 1. The number of carboxylic acids is 1. The molecule has 0 aliphatic rings. The SMILES string of the molecule is Cc1nnc(SCC(=O)O)n1-c1ccc(C#N)cc1Cl. The van der Waals surface area contributed by atoms with Crippen LogP contribution in [0.2, 0.25) is 5.02 Å². The smallest absolute Gasteiger partial charge is 0.313 e. The molecule has 102 valence electrons. The Balaban J connectivity index is 2.44. The van der Waals surface area contributed by atoms with E-state index in [0.29, 0.717) is 27.3 Å². The van der Waals surface area contributed by atoms with Gasteiger partial charge in [-0.2, -0.15) is 5.26 Å². The number of aryl methyl sites for hydroxylation is 1. The van der Waals surface area contributed by atoms with E-state index in [9.17, 15) is 4.79 Å². The van der Waals surface area contributed by atoms with Crippen LogP contribution < -0.4 is 0 Å². The number of rotatable bonds is 4. The third-order valence-corrected chi connectivity index (χ3v) is 3.65. The Bertz CT molecular complexity index is 708. The van der Waals surface area contributed by atoms with Gasteiger partial charge in [0.1, 0.15) is 5.82 Å². The van der Waals surface area contributed by atoms with E-state index in [1.54, 1.807) is 29.7 Å². The molecule has 0 saturated heterocycles. The fraction of sp³-hybridized carbons (Fsp3) is 0.167. The maximum absolute atomic E-state index is 10.6. The van der Waals surface area contributed by atoms with Gasteiger partial charge in [0.2, 0.25) is 0 Å². The minimum Gasteiger partial charge on any atom is -0.481 e. The summed E-state index contributed by atoms with van der Waals surface area (Å²) in [6.07, 6.45) is 0. The lowest BCUT2D eigenvalue weighted by molar-refractivity contribution is -0.133. The third kappa shape index (κ3) is 2.92. The Morgan fingerprint density at radius 3 is 2.90 bits per heavy atom. The molecule has 8 heteroatoms. The van der Waals surface area contributed by atoms with Crippen molar-refractivity contribution in [2.45, 2.75) is 12.1 Å². The largest absolute Gasteiger partial charge is 0.481 e. The number of nitrogens with zero attached hydrogens (tertiary/aromatic N) is 4. The summed E-state index contributed by atoms with van der Waals surface area (Å²) in [5.41, 5.74) is 1.06. The fourth-order valence-electron chi connectivity index (χ4n) is 1.60. The zero-order chi connectivity index (χ0) is 14.7. The van der Waals surface area contributed by atoms with E-state index in [2.05, 4.69) is 10.2 Å². The zero-order valence-electron chi connectivity index (χ0n) is 10.4. The molecule has 0 atom stereocenters. The predicted molar refractivity (Wildman–Crippen MR) is 74.2 cm³/mol. The van der Waals surface area contributed by atoms with Crippen LogP contribution >= 0.6 is 23.4 Å². The average molecular weight is 309 g/mol. The normalized spacial score (nSPS) is 10.2. The van der Waals surface area contributed by atoms with Crippen LogP contribution in [0.5, 0.6) is 0 Å². The van der Waals surface area contributed by atoms with E-state index in [0.717, 1.165) is 11.8 Å². The molecule has 20 heavy (non-hydrogen) atoms. The van der Waals surface area contributed by atoms with Gasteiger partial charge < -0.3 is 5.11 Å². The number of halogens is 1. The van der Waals surface area contributed by atoms with E-state index in [4.69, 9.17) is 22.0 Å². The number of benzene rings is 1. The standard InChI is InChI=1S/C12H9ClN4O2S/c1-7-15-16-12(20-6-11(18)19)17(7)10-3-2-8(5-14)4-9(10)13/h2-4H,6H2,1H3,(H,18,19). The Morgan fingerprint density at radius 1 is 1.55 bits per heavy atom. The fourth-order valence-corrected chi connectivity index (χ4v) is 2.57. The molecule has 1 aromatic carbocycles. The van der Waals surface area contributed by atoms with Crippen molar-refractivity contribution in [3.05, 3.63) is 34.6 Å². The molecule has 0 bridgehead atoms. The summed E-state index contributed by atoms with van der Waals surface area (Å²) in [7, 11) is 0. The first-order chi connectivity index (χ1) is 9.52. The van der Waals surface area contributed by atoms with Crippen molar-refractivity contribution >= 4 is 29.3 Å². The van der Waals surface area contributed by atoms with Crippen molar-refractivity contribution in [1.29, 1.82) is 5.26 Å². The topological polar surface area (TPSA) is 91.8 Å². The van der Waals surface area contributed by atoms with Crippen LogP contribution in [-0.2, 0) is 4.79 Å². The van der Waals surface area contributed by atoms with Gasteiger partial charge in [0.25, 0.3) is 0 Å². The van der Waals surface area contributed by atoms with Gasteiger partial charge in [0.05, 0.1) is 28.1 Å². The summed E-state index contributed by atoms with van der Waals surface area (Å²) in [5.74, 6) is -0.468. The van der Waals surface area contributed by atoms with Gasteiger partial charge in [-0.25, -0.2) is 0 Å². The molecule has 0 saturated carbocycles. The first kappa shape index (κ1) is 14.4. The molecule has 2 aromatic rings. The highest BCUT2D eigenvalue weighted by Gasteiger charge is 2.15. The average Bonchev–Trinajstić information content (AvgIpc) is 2.77. The molecule has 0 fully saturated rings. The van der Waals surface area contributed by atoms with Crippen LogP contribution in [0.1, 0.15) is 11.4 Å². The molecular weight excluding hydrogens is 300 g/mol. The second-order valence-corrected chi connectivity index (χ2v) is 5.18. The lowest BCUT2D eigenvalue weighted by Gasteiger charge is -2.09. The molecule has 0 spiro atoms. The zero-order valence-corrected chi connectivity index (χ0v) is 11.9. The van der Waals surface area contributed by atoms with E-state index in [1.165, 1.54) is 0 Å². The number of hydrogen-bond acceptors (Lipinski definition) is 5. The monoisotopic (exact) mass is 308 g/mol. The van der Waals surface area contributed by atoms with Crippen molar-refractivity contribution < 1.29 is 9.90 Å². The third-order valence-electron chi connectivity index (χ3n) is 2.44. The number of hydrogen-bond donors (Lipinski definition) is 1. The quantitative estimate of drug-likeness (QED) is 0.871. The van der Waals surface area contributed by atoms with E-state index in [1.807, 2.05) is 6.07 Å². The molecule has 0 amide bonds. The van der Waals surface area contributed by atoms with Gasteiger partial charge in [0, 0.05) is 0 Å². The molecule has 0 unspecified atom stereocenters. The van der Waals surface area contributed by atoms with Gasteiger partial charge in [-0.1, -0.05) is 23.4 Å². The first-order valence-electron chi connectivity index (χ1n) is 5.49. The highest BCUT2D eigenvalue weighted by Crippen LogP contribution is 2.27. The van der Waals surface area contributed by atoms with Crippen LogP contribution in [0.25, 0.3) is 5.69 Å². The minimum absolute atomic E-state index is 0.119. The summed E-state index contributed by atoms with van der Waals surface area (Å²) < 4.78 is 1.66. The summed E-state index contributed by atoms with van der Waals surface area (Å²) >= 11 is 7.21. The van der Waals surface area contributed by atoms with E-state index in [-0.39, 0.29) is 5.75 Å². The van der Waals surface area contributed by atoms with Crippen molar-refractivity contribution in [2.75, 3.05) is 5.75 Å². The number of carboxylic acid groups (broad SMARTS) is 1. The van der Waals surface area contributed by atoms with Crippen LogP contribution in [0.3, 0.4) is 0 Å². The maximum atomic E-state index is 10.6. The molecule has 0 radical (unpaired) electrons. The summed E-state index contributed by atoms with van der Waals surface area (Å²) in [4.78, 5) is 10.6. The van der Waals surface area contributed by atoms with Gasteiger partial charge >= 0.3 is 5.97 Å². The molecule has 1 N–H and O–H groups in total. The molecule has 2 rings (SSSR count). The summed E-state index contributed by atoms with van der Waals surface area (Å²) in [6.45, 7) is 1.74. The number of aliphatic carboxylic acids is 1. The second kappa shape index (κ2) is 5.94. The van der Waals surface area contributed by atoms with Gasteiger partial charge in [-0.3, -0.25) is 9.36 Å². The van der Waals surface area contributed by atoms with E-state index < -0.39 is 5.97 Å². The van der Waals surface area contributed by atoms with Crippen LogP contribution in [0.4, 0.5) is 0 Å². The lowest BCUT2D eigenvalue weighted by atomic mass is 10.2. The Kier molecular flexibility index (Phi) is 4.27. The first-order valence-corrected chi connectivity index (χ1v) is 6.86. The summed E-state index contributed by atoms with van der Waals surface area (Å²) in [5, 5.41) is 26.2. The Labute approximate surface area is 124 Å². The number of aromatic nitrogens is 3. The predicted octanol–water partition coefficient (Wildman–Crippen LogP) is 2.28. The van der Waals surface area contributed by atoms with E-state index >= 15 is 0 Å². The van der Waals surface area contributed by atoms with Crippen LogP contribution in [0.15, 0.2) is 23.4 Å². The van der Waals surface area contributed by atoms with Crippen LogP contribution in [0, 0.1) is 18.3 Å². The van der Waals surface area contributed by atoms with Gasteiger partial charge in [0.15, 0.2) is 5.16 Å². The molecule has 0 aliphatic heterocycles. The number of thioether (sulfide) groups is 1. The van der Waals surface area contributed by atoms with Crippen molar-refractivity contribution in [1.82, 2.24) is 14.8 Å². The molecule has 6 nitrogen and oxygen atoms in total. The van der Waals surface area contributed by atoms with Crippen molar-refractivity contribution in [2.24, 2.45) is 0 Å².